The van der Waals surface area contributed by atoms with Gasteiger partial charge in [-0.05, 0) is 33.6 Å². The van der Waals surface area contributed by atoms with E-state index in [1.807, 2.05) is 0 Å². The minimum Gasteiger partial charge on any atom is -0.462 e. The molecule has 1 amide bonds. The van der Waals surface area contributed by atoms with Crippen molar-refractivity contribution in [2.45, 2.75) is 57.4 Å². The van der Waals surface area contributed by atoms with Crippen molar-refractivity contribution in [3.8, 4) is 0 Å². The molecule has 1 aliphatic carbocycles. The highest BCUT2D eigenvalue weighted by atomic mass is 32.2. The number of ether oxygens (including phenoxy) is 1. The Morgan fingerprint density at radius 2 is 1.84 bits per heavy atom. The second-order valence-electron chi connectivity index (χ2n) is 6.17. The maximum absolute atomic E-state index is 12.6. The zero-order valence-corrected chi connectivity index (χ0v) is 15.6. The van der Waals surface area contributed by atoms with Gasteiger partial charge in [-0.2, -0.15) is 0 Å². The molecule has 0 atom stereocenters. The molecule has 0 spiro atoms. The number of sulfonamides is 1. The highest BCUT2D eigenvalue weighted by Gasteiger charge is 2.30. The Bertz CT molecular complexity index is 748. The van der Waals surface area contributed by atoms with Gasteiger partial charge in [0.25, 0.3) is 0 Å². The molecule has 140 valence electrons. The summed E-state index contributed by atoms with van der Waals surface area (Å²) in [5, 5.41) is 2.82. The second kappa shape index (κ2) is 8.01. The summed E-state index contributed by atoms with van der Waals surface area (Å²) in [5.41, 5.74) is 0.707. The number of hydrogen-bond donors (Lipinski definition) is 3. The summed E-state index contributed by atoms with van der Waals surface area (Å²) < 4.78 is 32.5. The molecule has 0 aromatic carbocycles. The van der Waals surface area contributed by atoms with Crippen LogP contribution in [0.4, 0.5) is 0 Å². The molecule has 1 aliphatic rings. The first kappa shape index (κ1) is 19.5. The monoisotopic (exact) mass is 371 g/mol. The quantitative estimate of drug-likeness (QED) is 0.622. The van der Waals surface area contributed by atoms with Gasteiger partial charge in [0.2, 0.25) is 15.9 Å². The molecule has 9 heteroatoms. The molecule has 0 radical (unpaired) electrons. The van der Waals surface area contributed by atoms with Gasteiger partial charge in [-0.25, -0.2) is 17.9 Å². The normalized spacial score (nSPS) is 15.3. The number of carbonyl (C=O) groups is 2. The minimum absolute atomic E-state index is 0.0250. The van der Waals surface area contributed by atoms with E-state index in [1.54, 1.807) is 20.8 Å². The van der Waals surface area contributed by atoms with Gasteiger partial charge in [0, 0.05) is 17.4 Å². The van der Waals surface area contributed by atoms with Crippen molar-refractivity contribution in [2.75, 3.05) is 13.2 Å². The summed E-state index contributed by atoms with van der Waals surface area (Å²) in [6.07, 6.45) is 3.98. The summed E-state index contributed by atoms with van der Waals surface area (Å²) in [4.78, 5) is 26.7. The third kappa shape index (κ3) is 4.60. The number of nitrogens with one attached hydrogen (secondary N) is 3. The molecule has 0 unspecified atom stereocenters. The van der Waals surface area contributed by atoms with Crippen LogP contribution in [0.25, 0.3) is 0 Å². The number of carbonyl (C=O) groups excluding carboxylic acids is 2. The molecule has 1 aromatic rings. The predicted molar refractivity (Wildman–Crippen MR) is 91.8 cm³/mol. The van der Waals surface area contributed by atoms with Crippen LogP contribution >= 0.6 is 0 Å². The van der Waals surface area contributed by atoms with E-state index in [0.29, 0.717) is 11.4 Å². The first-order valence-corrected chi connectivity index (χ1v) is 9.90. The van der Waals surface area contributed by atoms with Crippen LogP contribution in [0, 0.1) is 13.8 Å². The van der Waals surface area contributed by atoms with Gasteiger partial charge in [-0.1, -0.05) is 12.8 Å². The maximum Gasteiger partial charge on any atom is 0.341 e. The number of esters is 1. The van der Waals surface area contributed by atoms with E-state index in [2.05, 4.69) is 15.0 Å². The molecule has 0 saturated heterocycles. The van der Waals surface area contributed by atoms with Crippen molar-refractivity contribution in [3.05, 3.63) is 17.0 Å². The molecule has 8 nitrogen and oxygen atoms in total. The lowest BCUT2D eigenvalue weighted by molar-refractivity contribution is -0.120. The number of aromatic amines is 1. The van der Waals surface area contributed by atoms with Crippen molar-refractivity contribution in [2.24, 2.45) is 0 Å². The fourth-order valence-corrected chi connectivity index (χ4v) is 4.55. The number of amides is 1. The second-order valence-corrected chi connectivity index (χ2v) is 7.88. The summed E-state index contributed by atoms with van der Waals surface area (Å²) in [5.74, 6) is -1.08. The third-order valence-corrected chi connectivity index (χ3v) is 5.78. The average Bonchev–Trinajstić information content (AvgIpc) is 3.13. The van der Waals surface area contributed by atoms with E-state index in [9.17, 15) is 18.0 Å². The van der Waals surface area contributed by atoms with Crippen LogP contribution in [0.5, 0.6) is 0 Å². The average molecular weight is 371 g/mol. The molecule has 1 fully saturated rings. The van der Waals surface area contributed by atoms with Crippen molar-refractivity contribution in [1.82, 2.24) is 15.0 Å². The van der Waals surface area contributed by atoms with Crippen LogP contribution in [0.1, 0.15) is 54.4 Å². The molecule has 1 saturated carbocycles. The lowest BCUT2D eigenvalue weighted by Crippen LogP contribution is -2.41. The summed E-state index contributed by atoms with van der Waals surface area (Å²) >= 11 is 0. The van der Waals surface area contributed by atoms with Crippen LogP contribution in [0.2, 0.25) is 0 Å². The van der Waals surface area contributed by atoms with E-state index >= 15 is 0 Å². The Morgan fingerprint density at radius 3 is 2.44 bits per heavy atom. The number of hydrogen-bond acceptors (Lipinski definition) is 5. The Labute approximate surface area is 147 Å². The smallest absolute Gasteiger partial charge is 0.341 e. The van der Waals surface area contributed by atoms with E-state index in [-0.39, 0.29) is 35.6 Å². The first-order valence-electron chi connectivity index (χ1n) is 8.41. The standard InChI is InChI=1S/C16H25N3O5S/c1-4-24-16(21)14-10(2)18-11(3)15(14)25(22,23)17-9-13(20)19-12-7-5-6-8-12/h12,17-18H,4-9H2,1-3H3,(H,19,20). The molecular formula is C16H25N3O5S. The van der Waals surface area contributed by atoms with Crippen LogP contribution in [0.15, 0.2) is 4.90 Å². The maximum atomic E-state index is 12.6. The van der Waals surface area contributed by atoms with Gasteiger partial charge >= 0.3 is 5.97 Å². The van der Waals surface area contributed by atoms with Crippen LogP contribution in [0.3, 0.4) is 0 Å². The van der Waals surface area contributed by atoms with E-state index in [1.165, 1.54) is 0 Å². The topological polar surface area (TPSA) is 117 Å². The lowest BCUT2D eigenvalue weighted by Gasteiger charge is -2.13. The van der Waals surface area contributed by atoms with Gasteiger partial charge in [-0.15, -0.1) is 0 Å². The number of aryl methyl sites for hydroxylation is 2. The van der Waals surface area contributed by atoms with Crippen LogP contribution in [-0.2, 0) is 19.6 Å². The van der Waals surface area contributed by atoms with Crippen molar-refractivity contribution in [3.63, 3.8) is 0 Å². The summed E-state index contributed by atoms with van der Waals surface area (Å²) in [6.45, 7) is 4.57. The largest absolute Gasteiger partial charge is 0.462 e. The molecule has 3 N–H and O–H groups in total. The Hall–Kier alpha value is -1.87. The van der Waals surface area contributed by atoms with Crippen molar-refractivity contribution < 1.29 is 22.7 Å². The Balaban J connectivity index is 2.13. The third-order valence-electron chi connectivity index (χ3n) is 4.21. The van der Waals surface area contributed by atoms with Gasteiger partial charge in [0.1, 0.15) is 10.5 Å². The zero-order valence-electron chi connectivity index (χ0n) is 14.8. The number of H-pyrrole nitrogens is 1. The predicted octanol–water partition coefficient (Wildman–Crippen LogP) is 1.15. The van der Waals surface area contributed by atoms with Crippen LogP contribution < -0.4 is 10.0 Å². The molecule has 1 aromatic heterocycles. The number of aromatic nitrogens is 1. The molecule has 25 heavy (non-hydrogen) atoms. The summed E-state index contributed by atoms with van der Waals surface area (Å²) in [6, 6.07) is 0.114. The van der Waals surface area contributed by atoms with Crippen molar-refractivity contribution in [1.29, 1.82) is 0 Å². The molecular weight excluding hydrogens is 346 g/mol. The van der Waals surface area contributed by atoms with Gasteiger partial charge < -0.3 is 15.0 Å². The first-order chi connectivity index (χ1) is 11.8. The summed E-state index contributed by atoms with van der Waals surface area (Å²) in [7, 11) is -4.04. The van der Waals surface area contributed by atoms with Crippen molar-refractivity contribution >= 4 is 21.9 Å². The minimum atomic E-state index is -4.04. The number of rotatable bonds is 7. The van der Waals surface area contributed by atoms with Crippen LogP contribution in [-0.4, -0.2) is 44.5 Å². The Kier molecular flexibility index (Phi) is 6.23. The SMILES string of the molecule is CCOC(=O)c1c(C)[nH]c(C)c1S(=O)(=O)NCC(=O)NC1CCCC1. The van der Waals surface area contributed by atoms with E-state index in [4.69, 9.17) is 4.74 Å². The lowest BCUT2D eigenvalue weighted by atomic mass is 10.2. The van der Waals surface area contributed by atoms with E-state index in [0.717, 1.165) is 25.7 Å². The van der Waals surface area contributed by atoms with Gasteiger partial charge in [-0.3, -0.25) is 4.79 Å². The highest BCUT2D eigenvalue weighted by Crippen LogP contribution is 2.24. The van der Waals surface area contributed by atoms with Gasteiger partial charge in [0.15, 0.2) is 0 Å². The zero-order chi connectivity index (χ0) is 18.6. The highest BCUT2D eigenvalue weighted by molar-refractivity contribution is 7.89. The molecule has 0 aliphatic heterocycles. The fourth-order valence-electron chi connectivity index (χ4n) is 3.12. The molecule has 2 rings (SSSR count). The Morgan fingerprint density at radius 1 is 1.20 bits per heavy atom. The molecule has 1 heterocycles. The fraction of sp³-hybridized carbons (Fsp3) is 0.625. The van der Waals surface area contributed by atoms with E-state index < -0.39 is 16.0 Å². The van der Waals surface area contributed by atoms with Gasteiger partial charge in [0.05, 0.1) is 13.2 Å². The molecule has 0 bridgehead atoms.